The van der Waals surface area contributed by atoms with Crippen LogP contribution in [-0.2, 0) is 54.1 Å². The van der Waals surface area contributed by atoms with E-state index in [9.17, 15) is 33.9 Å². The van der Waals surface area contributed by atoms with Gasteiger partial charge >= 0.3 is 5.97 Å². The molecule has 5 N–H and O–H groups in total. The smallest absolute Gasteiger partial charge is 0.326 e. The van der Waals surface area contributed by atoms with Crippen molar-refractivity contribution in [3.63, 3.8) is 0 Å². The summed E-state index contributed by atoms with van der Waals surface area (Å²) in [6.45, 7) is 13.0. The molecule has 0 radical (unpaired) electrons. The number of rotatable bonds is 28. The van der Waals surface area contributed by atoms with Gasteiger partial charge in [0.05, 0.1) is 69.5 Å². The number of carboxylic acid groups (broad SMARTS) is 1. The highest BCUT2D eigenvalue weighted by Crippen LogP contribution is 2.29. The molecule has 1 aliphatic rings. The van der Waals surface area contributed by atoms with Crippen LogP contribution in [0.2, 0.25) is 0 Å². The third kappa shape index (κ3) is 15.9. The molecular weight excluding hydrogens is 789 g/mol. The van der Waals surface area contributed by atoms with Crippen LogP contribution in [0.1, 0.15) is 79.2 Å². The van der Waals surface area contributed by atoms with E-state index in [1.54, 1.807) is 57.1 Å². The second kappa shape index (κ2) is 27.0. The predicted octanol–water partition coefficient (Wildman–Crippen LogP) is 2.09. The molecule has 5 amide bonds. The normalized spacial score (nSPS) is 18.0. The molecule has 1 fully saturated rings. The number of hydrogen-bond acceptors (Lipinski definition) is 11. The van der Waals surface area contributed by atoms with Gasteiger partial charge in [-0.15, -0.1) is 0 Å². The van der Waals surface area contributed by atoms with Crippen LogP contribution in [0, 0.1) is 17.8 Å². The van der Waals surface area contributed by atoms with Crippen LogP contribution in [0.25, 0.3) is 0 Å². The Morgan fingerprint density at radius 1 is 0.885 bits per heavy atom. The molecule has 0 spiro atoms. The molecule has 2 rings (SSSR count). The van der Waals surface area contributed by atoms with Gasteiger partial charge in [-0.05, 0) is 37.2 Å². The van der Waals surface area contributed by atoms with E-state index in [0.29, 0.717) is 52.2 Å². The van der Waals surface area contributed by atoms with Gasteiger partial charge in [-0.3, -0.25) is 24.0 Å². The van der Waals surface area contributed by atoms with Crippen molar-refractivity contribution in [2.24, 2.45) is 23.5 Å². The first-order valence-electron chi connectivity index (χ1n) is 21.6. The lowest BCUT2D eigenvalue weighted by atomic mass is 9.90. The molecule has 9 atom stereocenters. The van der Waals surface area contributed by atoms with Gasteiger partial charge in [0.15, 0.2) is 0 Å². The predicted molar refractivity (Wildman–Crippen MR) is 230 cm³/mol. The van der Waals surface area contributed by atoms with Crippen LogP contribution >= 0.6 is 0 Å². The van der Waals surface area contributed by atoms with E-state index < -0.39 is 66.1 Å². The minimum Gasteiger partial charge on any atom is -0.480 e. The Kier molecular flexibility index (Phi) is 23.5. The summed E-state index contributed by atoms with van der Waals surface area (Å²) in [5, 5.41) is 15.4. The van der Waals surface area contributed by atoms with Crippen molar-refractivity contribution < 1.29 is 52.8 Å². The minimum atomic E-state index is -1.16. The molecule has 1 aromatic carbocycles. The maximum Gasteiger partial charge on any atom is 0.326 e. The summed E-state index contributed by atoms with van der Waals surface area (Å²) < 4.78 is 22.6. The fraction of sp³-hybridized carbons (Fsp3) is 0.727. The summed E-state index contributed by atoms with van der Waals surface area (Å²) in [5.74, 6) is -4.18. The highest BCUT2D eigenvalue weighted by molar-refractivity contribution is 5.92. The first-order valence-corrected chi connectivity index (χ1v) is 21.6. The third-order valence-corrected chi connectivity index (χ3v) is 11.7. The highest BCUT2D eigenvalue weighted by atomic mass is 16.5. The number of nitrogens with one attached hydrogen (secondary N) is 2. The number of methoxy groups -OCH3 is 2. The van der Waals surface area contributed by atoms with Crippen LogP contribution in [0.4, 0.5) is 0 Å². The number of carboxylic acids is 1. The summed E-state index contributed by atoms with van der Waals surface area (Å²) in [4.78, 5) is 85.2. The summed E-state index contributed by atoms with van der Waals surface area (Å²) in [6.07, 6.45) is 0.579. The van der Waals surface area contributed by atoms with Gasteiger partial charge in [0, 0.05) is 47.8 Å². The van der Waals surface area contributed by atoms with Crippen molar-refractivity contribution in [3.8, 4) is 0 Å². The average molecular weight is 863 g/mol. The summed E-state index contributed by atoms with van der Waals surface area (Å²) in [7, 11) is 6.17. The van der Waals surface area contributed by atoms with Gasteiger partial charge in [-0.1, -0.05) is 71.4 Å². The Morgan fingerprint density at radius 3 is 2.08 bits per heavy atom. The molecule has 1 saturated heterocycles. The fourth-order valence-electron chi connectivity index (χ4n) is 8.15. The van der Waals surface area contributed by atoms with Crippen molar-refractivity contribution in [1.29, 1.82) is 0 Å². The molecule has 0 saturated carbocycles. The SMILES string of the molecule is CC[C@H](C)[C@@H]([C@@H](CC(=O)N1CCC[C@H]1[C@H](OC)[C@@H](C)C(=O)N[C@@H](Cc1ccccc1)C(=O)O)OC)N(C)C(=O)[C@H](C)NC(=O)[C@H](C(C)C)N(C)C(=O)CCOCCOCCN. The first kappa shape index (κ1) is 53.0. The molecule has 0 aromatic heterocycles. The number of nitrogens with two attached hydrogens (primary N) is 1. The molecule has 61 heavy (non-hydrogen) atoms. The molecule has 0 aliphatic carbocycles. The molecule has 346 valence electrons. The zero-order valence-electron chi connectivity index (χ0n) is 38.1. The third-order valence-electron chi connectivity index (χ3n) is 11.7. The van der Waals surface area contributed by atoms with Gasteiger partial charge in [0.1, 0.15) is 18.1 Å². The number of carbonyl (C=O) groups excluding carboxylic acids is 5. The Hall–Kier alpha value is -4.16. The van der Waals surface area contributed by atoms with E-state index in [4.69, 9.17) is 24.7 Å². The van der Waals surface area contributed by atoms with Gasteiger partial charge in [-0.25, -0.2) is 4.79 Å². The summed E-state index contributed by atoms with van der Waals surface area (Å²) >= 11 is 0. The summed E-state index contributed by atoms with van der Waals surface area (Å²) in [6, 6.07) is 5.06. The van der Waals surface area contributed by atoms with E-state index in [1.807, 2.05) is 33.8 Å². The monoisotopic (exact) mass is 863 g/mol. The minimum absolute atomic E-state index is 0.0654. The van der Waals surface area contributed by atoms with E-state index in [0.717, 1.165) is 5.56 Å². The van der Waals surface area contributed by atoms with Gasteiger partial charge in [0.25, 0.3) is 0 Å². The highest BCUT2D eigenvalue weighted by Gasteiger charge is 2.43. The number of likely N-dealkylation sites (tertiary alicyclic amines) is 1. The van der Waals surface area contributed by atoms with Crippen molar-refractivity contribution in [3.05, 3.63) is 35.9 Å². The van der Waals surface area contributed by atoms with E-state index >= 15 is 0 Å². The zero-order valence-corrected chi connectivity index (χ0v) is 38.1. The van der Waals surface area contributed by atoms with Crippen molar-refractivity contribution in [2.45, 2.75) is 122 Å². The van der Waals surface area contributed by atoms with Crippen molar-refractivity contribution in [2.75, 3.05) is 67.8 Å². The van der Waals surface area contributed by atoms with Crippen molar-refractivity contribution >= 4 is 35.5 Å². The molecule has 17 heteroatoms. The first-order chi connectivity index (χ1) is 28.9. The number of amides is 5. The van der Waals surface area contributed by atoms with Gasteiger partial charge < -0.3 is 55.1 Å². The Morgan fingerprint density at radius 2 is 1.52 bits per heavy atom. The topological polar surface area (TPSA) is 219 Å². The van der Waals surface area contributed by atoms with Crippen molar-refractivity contribution in [1.82, 2.24) is 25.3 Å². The number of carbonyl (C=O) groups is 6. The van der Waals surface area contributed by atoms with Crippen LogP contribution in [-0.4, -0.2) is 166 Å². The number of ether oxygens (including phenoxy) is 4. The number of nitrogens with zero attached hydrogens (tertiary/aromatic N) is 3. The van der Waals surface area contributed by atoms with E-state index in [2.05, 4.69) is 10.6 Å². The van der Waals surface area contributed by atoms with Crippen LogP contribution in [0.3, 0.4) is 0 Å². The molecule has 1 aromatic rings. The van der Waals surface area contributed by atoms with Crippen LogP contribution < -0.4 is 16.4 Å². The van der Waals surface area contributed by atoms with Gasteiger partial charge in [-0.2, -0.15) is 0 Å². The molecule has 0 bridgehead atoms. The van der Waals surface area contributed by atoms with Crippen LogP contribution in [0.5, 0.6) is 0 Å². The largest absolute Gasteiger partial charge is 0.480 e. The standard InChI is InChI=1S/C44H74N6O11/c1-11-29(4)39(49(8)43(55)31(6)46-42(54)38(28(2)3)48(7)36(51)19-22-60-24-25-61-23-20-45)35(58-9)27-37(52)50-21-15-18-34(50)40(59-10)30(5)41(53)47-33(44(56)57)26-32-16-13-12-14-17-32/h12-14,16-17,28-31,33-35,38-40H,11,15,18-27,45H2,1-10H3,(H,46,54)(H,47,53)(H,56,57)/t29-,30+,31-,33-,34-,35+,38-,39-,40+/m0/s1. The number of likely N-dealkylation sites (N-methyl/N-ethyl adjacent to an activating group) is 2. The van der Waals surface area contributed by atoms with E-state index in [-0.39, 0.29) is 55.4 Å². The second-order valence-electron chi connectivity index (χ2n) is 16.4. The van der Waals surface area contributed by atoms with Gasteiger partial charge in [0.2, 0.25) is 29.5 Å². The Balaban J connectivity index is 2.15. The second-order valence-corrected chi connectivity index (χ2v) is 16.4. The number of aliphatic carboxylic acids is 1. The fourth-order valence-corrected chi connectivity index (χ4v) is 8.15. The Bertz CT molecular complexity index is 1530. The molecule has 17 nitrogen and oxygen atoms in total. The maximum atomic E-state index is 14.2. The molecular formula is C44H74N6O11. The lowest BCUT2D eigenvalue weighted by molar-refractivity contribution is -0.148. The van der Waals surface area contributed by atoms with Crippen LogP contribution in [0.15, 0.2) is 30.3 Å². The molecule has 0 unspecified atom stereocenters. The lowest BCUT2D eigenvalue weighted by Crippen LogP contribution is -2.58. The average Bonchev–Trinajstić information content (AvgIpc) is 3.72. The lowest BCUT2D eigenvalue weighted by Gasteiger charge is -2.40. The molecule has 1 heterocycles. The van der Waals surface area contributed by atoms with E-state index in [1.165, 1.54) is 24.0 Å². The number of benzene rings is 1. The zero-order chi connectivity index (χ0) is 45.8. The summed E-state index contributed by atoms with van der Waals surface area (Å²) in [5.41, 5.74) is 6.18. The molecule has 1 aliphatic heterocycles. The quantitative estimate of drug-likeness (QED) is 0.0891. The Labute approximate surface area is 362 Å². The number of hydrogen-bond donors (Lipinski definition) is 4. The maximum absolute atomic E-state index is 14.2.